The molecule has 0 fully saturated rings. The minimum absolute atomic E-state index is 0.0769. The second-order valence-corrected chi connectivity index (χ2v) is 7.28. The van der Waals surface area contributed by atoms with Crippen molar-refractivity contribution in [3.05, 3.63) is 66.2 Å². The second-order valence-electron chi connectivity index (χ2n) is 5.60. The van der Waals surface area contributed by atoms with Crippen molar-refractivity contribution in [2.24, 2.45) is 0 Å². The third kappa shape index (κ3) is 4.55. The molecule has 0 unspecified atom stereocenters. The number of hydrogen-bond donors (Lipinski definition) is 2. The summed E-state index contributed by atoms with van der Waals surface area (Å²) < 4.78 is 32.6. The highest BCUT2D eigenvalue weighted by Crippen LogP contribution is 2.21. The molecule has 0 aliphatic carbocycles. The van der Waals surface area contributed by atoms with E-state index in [1.165, 1.54) is 18.2 Å². The zero-order valence-electron chi connectivity index (χ0n) is 15.0. The molecule has 8 nitrogen and oxygen atoms in total. The van der Waals surface area contributed by atoms with Crippen molar-refractivity contribution in [3.63, 3.8) is 0 Å². The van der Waals surface area contributed by atoms with Gasteiger partial charge in [-0.15, -0.1) is 10.2 Å². The maximum absolute atomic E-state index is 12.5. The van der Waals surface area contributed by atoms with E-state index in [0.717, 1.165) is 0 Å². The Morgan fingerprint density at radius 1 is 1.00 bits per heavy atom. The van der Waals surface area contributed by atoms with E-state index in [1.807, 2.05) is 6.92 Å². The molecular weight excluding hydrogens is 378 g/mol. The molecule has 0 aliphatic heterocycles. The van der Waals surface area contributed by atoms with Crippen LogP contribution in [0.2, 0.25) is 0 Å². The minimum Gasteiger partial charge on any atom is -0.494 e. The van der Waals surface area contributed by atoms with Crippen molar-refractivity contribution in [3.8, 4) is 11.8 Å². The Balaban J connectivity index is 1.72. The number of rotatable bonds is 7. The number of aromatic nitrogens is 2. The molecule has 0 bridgehead atoms. The van der Waals surface area contributed by atoms with Crippen molar-refractivity contribution in [2.75, 3.05) is 16.6 Å². The average Bonchev–Trinajstić information content (AvgIpc) is 2.70. The van der Waals surface area contributed by atoms with Gasteiger partial charge in [0.15, 0.2) is 11.6 Å². The van der Waals surface area contributed by atoms with Crippen LogP contribution in [0.3, 0.4) is 0 Å². The van der Waals surface area contributed by atoms with Crippen LogP contribution >= 0.6 is 0 Å². The molecule has 2 N–H and O–H groups in total. The summed E-state index contributed by atoms with van der Waals surface area (Å²) in [6.07, 6.45) is 0. The molecule has 2 aromatic carbocycles. The maximum atomic E-state index is 12.5. The molecule has 1 aromatic heterocycles. The Morgan fingerprint density at radius 2 is 1.68 bits per heavy atom. The quantitative estimate of drug-likeness (QED) is 0.630. The van der Waals surface area contributed by atoms with Crippen LogP contribution in [-0.4, -0.2) is 25.2 Å². The number of anilines is 3. The van der Waals surface area contributed by atoms with Gasteiger partial charge in [-0.2, -0.15) is 5.26 Å². The molecule has 0 aliphatic rings. The number of nitrogens with zero attached hydrogens (tertiary/aromatic N) is 3. The first-order chi connectivity index (χ1) is 13.5. The molecule has 0 spiro atoms. The van der Waals surface area contributed by atoms with E-state index in [4.69, 9.17) is 10.00 Å². The second kappa shape index (κ2) is 8.37. The molecule has 3 rings (SSSR count). The Morgan fingerprint density at radius 3 is 2.32 bits per heavy atom. The fourth-order valence-electron chi connectivity index (χ4n) is 2.36. The van der Waals surface area contributed by atoms with Gasteiger partial charge >= 0.3 is 0 Å². The summed E-state index contributed by atoms with van der Waals surface area (Å²) >= 11 is 0. The van der Waals surface area contributed by atoms with Crippen molar-refractivity contribution in [1.29, 1.82) is 5.26 Å². The molecule has 3 aromatic rings. The maximum Gasteiger partial charge on any atom is 0.263 e. The minimum atomic E-state index is -3.80. The van der Waals surface area contributed by atoms with E-state index < -0.39 is 10.0 Å². The van der Waals surface area contributed by atoms with Crippen LogP contribution in [0.4, 0.5) is 17.3 Å². The lowest BCUT2D eigenvalue weighted by Gasteiger charge is -2.09. The zero-order valence-corrected chi connectivity index (χ0v) is 15.8. The summed E-state index contributed by atoms with van der Waals surface area (Å²) in [5, 5.41) is 19.9. The van der Waals surface area contributed by atoms with Crippen LogP contribution in [0.25, 0.3) is 0 Å². The van der Waals surface area contributed by atoms with Crippen molar-refractivity contribution < 1.29 is 13.2 Å². The molecule has 0 atom stereocenters. The molecule has 0 saturated heterocycles. The van der Waals surface area contributed by atoms with Gasteiger partial charge in [0.05, 0.1) is 22.8 Å². The van der Waals surface area contributed by atoms with Gasteiger partial charge in [-0.1, -0.05) is 12.1 Å². The number of ether oxygens (including phenoxy) is 1. The SMILES string of the molecule is CCOc1ccc(S(=O)(=O)Nc2ccc(Nc3ccccc3C#N)nn2)cc1. The predicted octanol–water partition coefficient (Wildman–Crippen LogP) is 3.29. The lowest BCUT2D eigenvalue weighted by atomic mass is 10.2. The van der Waals surface area contributed by atoms with Gasteiger partial charge in [-0.05, 0) is 55.5 Å². The number of hydrogen-bond acceptors (Lipinski definition) is 7. The van der Waals surface area contributed by atoms with Gasteiger partial charge < -0.3 is 10.1 Å². The smallest absolute Gasteiger partial charge is 0.263 e. The molecule has 0 saturated carbocycles. The third-order valence-electron chi connectivity index (χ3n) is 3.66. The predicted molar refractivity (Wildman–Crippen MR) is 105 cm³/mol. The normalized spacial score (nSPS) is 10.7. The largest absolute Gasteiger partial charge is 0.494 e. The molecule has 1 heterocycles. The first-order valence-electron chi connectivity index (χ1n) is 8.37. The van der Waals surface area contributed by atoms with Gasteiger partial charge in [0.2, 0.25) is 0 Å². The van der Waals surface area contributed by atoms with Crippen LogP contribution < -0.4 is 14.8 Å². The van der Waals surface area contributed by atoms with E-state index in [0.29, 0.717) is 29.4 Å². The topological polar surface area (TPSA) is 117 Å². The van der Waals surface area contributed by atoms with Gasteiger partial charge in [0.25, 0.3) is 10.0 Å². The number of nitrogens with one attached hydrogen (secondary N) is 2. The van der Waals surface area contributed by atoms with Gasteiger partial charge in [0.1, 0.15) is 11.8 Å². The highest BCUT2D eigenvalue weighted by Gasteiger charge is 2.15. The van der Waals surface area contributed by atoms with Crippen LogP contribution in [0.15, 0.2) is 65.6 Å². The zero-order chi connectivity index (χ0) is 20.0. The van der Waals surface area contributed by atoms with E-state index >= 15 is 0 Å². The Kier molecular flexibility index (Phi) is 5.72. The third-order valence-corrected chi connectivity index (χ3v) is 5.03. The number of nitriles is 1. The fraction of sp³-hybridized carbons (Fsp3) is 0.105. The van der Waals surface area contributed by atoms with E-state index in [2.05, 4.69) is 26.3 Å². The monoisotopic (exact) mass is 395 g/mol. The van der Waals surface area contributed by atoms with Crippen LogP contribution in [0.5, 0.6) is 5.75 Å². The average molecular weight is 395 g/mol. The molecule has 0 amide bonds. The van der Waals surface area contributed by atoms with Crippen molar-refractivity contribution in [1.82, 2.24) is 10.2 Å². The molecular formula is C19H17N5O3S. The number of para-hydroxylation sites is 1. The van der Waals surface area contributed by atoms with Crippen molar-refractivity contribution >= 4 is 27.3 Å². The highest BCUT2D eigenvalue weighted by atomic mass is 32.2. The van der Waals surface area contributed by atoms with E-state index in [-0.39, 0.29) is 10.7 Å². The summed E-state index contributed by atoms with van der Waals surface area (Å²) in [5.74, 6) is 1.05. The molecule has 9 heteroatoms. The summed E-state index contributed by atoms with van der Waals surface area (Å²) in [6, 6.07) is 18.2. The van der Waals surface area contributed by atoms with Crippen LogP contribution in [-0.2, 0) is 10.0 Å². The first kappa shape index (κ1) is 19.1. The highest BCUT2D eigenvalue weighted by molar-refractivity contribution is 7.92. The fourth-order valence-corrected chi connectivity index (χ4v) is 3.36. The standard InChI is InChI=1S/C19H17N5O3S/c1-2-27-15-7-9-16(10-8-15)28(25,26)24-19-12-11-18(22-23-19)21-17-6-4-3-5-14(17)13-20/h3-12H,2H2,1H3,(H,21,22)(H,23,24). The molecule has 0 radical (unpaired) electrons. The molecule has 28 heavy (non-hydrogen) atoms. The van der Waals surface area contributed by atoms with Crippen LogP contribution in [0, 0.1) is 11.3 Å². The Bertz CT molecular complexity index is 1090. The van der Waals surface area contributed by atoms with Crippen LogP contribution in [0.1, 0.15) is 12.5 Å². The lowest BCUT2D eigenvalue weighted by Crippen LogP contribution is -2.14. The van der Waals surface area contributed by atoms with E-state index in [9.17, 15) is 8.42 Å². The lowest BCUT2D eigenvalue weighted by molar-refractivity contribution is 0.340. The Hall–Kier alpha value is -3.64. The summed E-state index contributed by atoms with van der Waals surface area (Å²) in [6.45, 7) is 2.35. The number of sulfonamides is 1. The number of benzene rings is 2. The van der Waals surface area contributed by atoms with Gasteiger partial charge in [-0.3, -0.25) is 4.72 Å². The van der Waals surface area contributed by atoms with Gasteiger partial charge in [-0.25, -0.2) is 8.42 Å². The van der Waals surface area contributed by atoms with Gasteiger partial charge in [0, 0.05) is 0 Å². The molecule has 142 valence electrons. The first-order valence-corrected chi connectivity index (χ1v) is 9.85. The Labute approximate surface area is 162 Å². The summed E-state index contributed by atoms with van der Waals surface area (Å²) in [4.78, 5) is 0.0860. The van der Waals surface area contributed by atoms with Crippen molar-refractivity contribution in [2.45, 2.75) is 11.8 Å². The summed E-state index contributed by atoms with van der Waals surface area (Å²) in [7, 11) is -3.80. The summed E-state index contributed by atoms with van der Waals surface area (Å²) in [5.41, 5.74) is 1.05. The van der Waals surface area contributed by atoms with E-state index in [1.54, 1.807) is 42.5 Å².